The van der Waals surface area contributed by atoms with Crippen LogP contribution in [0.5, 0.6) is 0 Å². The van der Waals surface area contributed by atoms with Gasteiger partial charge < -0.3 is 16.0 Å². The molecule has 1 aliphatic carbocycles. The standard InChI is InChI=1S/C31H27F2N5O4/c32-19-14-25(37(15-19)27(40)16-38-24-9-2-1-6-21(24)29(36-38)30(34)41)31(42)35-23-8-4-7-20(28(23)33)18-12-11-17-5-3-10-26(39)22(17)13-18/h1-2,4,6-9,11-13,19,25H,3,5,10,14-16H2,(H2,34,41)(H,35,42)/t19-,25+/m1/s1. The first-order valence-corrected chi connectivity index (χ1v) is 13.7. The third-order valence-electron chi connectivity index (χ3n) is 7.88. The molecule has 42 heavy (non-hydrogen) atoms. The number of fused-ring (bicyclic) bond motifs is 2. The van der Waals surface area contributed by atoms with Gasteiger partial charge >= 0.3 is 0 Å². The van der Waals surface area contributed by atoms with Crippen LogP contribution in [0.25, 0.3) is 22.0 Å². The molecule has 3 amide bonds. The van der Waals surface area contributed by atoms with Gasteiger partial charge in [-0.15, -0.1) is 0 Å². The lowest BCUT2D eigenvalue weighted by atomic mass is 9.88. The number of aromatic nitrogens is 2. The van der Waals surface area contributed by atoms with Crippen molar-refractivity contribution in [2.45, 2.75) is 44.4 Å². The second-order valence-corrected chi connectivity index (χ2v) is 10.6. The number of rotatable bonds is 6. The van der Waals surface area contributed by atoms with Crippen LogP contribution in [0.3, 0.4) is 0 Å². The number of benzene rings is 3. The van der Waals surface area contributed by atoms with Gasteiger partial charge in [-0.2, -0.15) is 5.10 Å². The maximum Gasteiger partial charge on any atom is 0.269 e. The fraction of sp³-hybridized carbons (Fsp3) is 0.258. The molecule has 0 unspecified atom stereocenters. The number of carbonyl (C=O) groups excluding carboxylic acids is 4. The van der Waals surface area contributed by atoms with Crippen LogP contribution in [0.2, 0.25) is 0 Å². The number of nitrogens with two attached hydrogens (primary N) is 1. The quantitative estimate of drug-likeness (QED) is 0.361. The Bertz CT molecular complexity index is 1770. The summed E-state index contributed by atoms with van der Waals surface area (Å²) in [5.41, 5.74) is 8.01. The Hall–Kier alpha value is -4.93. The van der Waals surface area contributed by atoms with E-state index in [0.29, 0.717) is 28.5 Å². The third-order valence-corrected chi connectivity index (χ3v) is 7.88. The van der Waals surface area contributed by atoms with Crippen LogP contribution in [0.4, 0.5) is 14.5 Å². The number of alkyl halides is 1. The summed E-state index contributed by atoms with van der Waals surface area (Å²) in [6, 6.07) is 15.3. The van der Waals surface area contributed by atoms with Crippen molar-refractivity contribution in [3.8, 4) is 11.1 Å². The number of carbonyl (C=O) groups is 4. The number of anilines is 1. The molecule has 4 aromatic rings. The Morgan fingerprint density at radius 2 is 1.83 bits per heavy atom. The average Bonchev–Trinajstić information content (AvgIpc) is 3.55. The SMILES string of the molecule is NC(=O)c1nn(CC(=O)N2C[C@H](F)C[C@H]2C(=O)Nc2cccc(-c3ccc4c(c3)C(=O)CCC4)c2F)c2ccccc12. The normalized spacial score (nSPS) is 18.2. The summed E-state index contributed by atoms with van der Waals surface area (Å²) in [6.07, 6.45) is 0.315. The van der Waals surface area contributed by atoms with Gasteiger partial charge in [0.15, 0.2) is 17.3 Å². The molecule has 0 bridgehead atoms. The number of nitrogens with zero attached hydrogens (tertiary/aromatic N) is 3. The summed E-state index contributed by atoms with van der Waals surface area (Å²) in [6.45, 7) is -0.671. The van der Waals surface area contributed by atoms with E-state index >= 15 is 4.39 Å². The molecule has 2 atom stereocenters. The van der Waals surface area contributed by atoms with Crippen LogP contribution >= 0.6 is 0 Å². The van der Waals surface area contributed by atoms with Crippen molar-refractivity contribution in [1.29, 1.82) is 0 Å². The first-order valence-electron chi connectivity index (χ1n) is 13.7. The maximum absolute atomic E-state index is 15.7. The van der Waals surface area contributed by atoms with Crippen molar-refractivity contribution in [3.05, 3.63) is 83.3 Å². The van der Waals surface area contributed by atoms with Gasteiger partial charge in [-0.3, -0.25) is 23.9 Å². The van der Waals surface area contributed by atoms with Crippen molar-refractivity contribution >= 4 is 40.1 Å². The molecular formula is C31H27F2N5O4. The highest BCUT2D eigenvalue weighted by molar-refractivity contribution is 6.04. The van der Waals surface area contributed by atoms with E-state index < -0.39 is 35.8 Å². The van der Waals surface area contributed by atoms with E-state index in [4.69, 9.17) is 5.73 Å². The molecule has 214 valence electrons. The molecule has 6 rings (SSSR count). The minimum atomic E-state index is -1.45. The van der Waals surface area contributed by atoms with Gasteiger partial charge in [0.05, 0.1) is 17.7 Å². The van der Waals surface area contributed by atoms with E-state index in [9.17, 15) is 23.6 Å². The Labute approximate surface area is 239 Å². The molecule has 1 aromatic heterocycles. The Balaban J connectivity index is 1.23. The van der Waals surface area contributed by atoms with Crippen molar-refractivity contribution in [3.63, 3.8) is 0 Å². The second-order valence-electron chi connectivity index (χ2n) is 10.6. The van der Waals surface area contributed by atoms with Gasteiger partial charge in [0, 0.05) is 29.4 Å². The number of hydrogen-bond acceptors (Lipinski definition) is 5. The minimum absolute atomic E-state index is 0.00358. The molecule has 3 N–H and O–H groups in total. The number of ketones is 1. The lowest BCUT2D eigenvalue weighted by Gasteiger charge is -2.24. The van der Waals surface area contributed by atoms with Crippen molar-refractivity contribution in [1.82, 2.24) is 14.7 Å². The molecule has 2 heterocycles. The van der Waals surface area contributed by atoms with Gasteiger partial charge in [-0.25, -0.2) is 8.78 Å². The van der Waals surface area contributed by atoms with Gasteiger partial charge in [0.1, 0.15) is 18.8 Å². The highest BCUT2D eigenvalue weighted by Gasteiger charge is 2.40. The Kier molecular flexibility index (Phi) is 7.01. The molecule has 3 aromatic carbocycles. The predicted octanol–water partition coefficient (Wildman–Crippen LogP) is 4.04. The Morgan fingerprint density at radius 1 is 1.02 bits per heavy atom. The molecule has 1 fully saturated rings. The van der Waals surface area contributed by atoms with Gasteiger partial charge in [-0.05, 0) is 42.2 Å². The molecule has 0 spiro atoms. The lowest BCUT2D eigenvalue weighted by Crippen LogP contribution is -2.44. The molecule has 9 nitrogen and oxygen atoms in total. The van der Waals surface area contributed by atoms with E-state index in [0.717, 1.165) is 23.3 Å². The zero-order valence-corrected chi connectivity index (χ0v) is 22.5. The predicted molar refractivity (Wildman–Crippen MR) is 151 cm³/mol. The van der Waals surface area contributed by atoms with Gasteiger partial charge in [-0.1, -0.05) is 42.5 Å². The summed E-state index contributed by atoms with van der Waals surface area (Å²) in [5.74, 6) is -2.77. The Morgan fingerprint density at radius 3 is 2.64 bits per heavy atom. The first-order chi connectivity index (χ1) is 20.2. The number of halogens is 2. The summed E-state index contributed by atoms with van der Waals surface area (Å²) in [7, 11) is 0. The van der Waals surface area contributed by atoms with Crippen LogP contribution < -0.4 is 11.1 Å². The lowest BCUT2D eigenvalue weighted by molar-refractivity contribution is -0.137. The van der Waals surface area contributed by atoms with Gasteiger partial charge in [0.2, 0.25) is 11.8 Å². The molecule has 2 aliphatic rings. The zero-order valence-electron chi connectivity index (χ0n) is 22.5. The number of para-hydroxylation sites is 1. The third kappa shape index (κ3) is 4.91. The number of amides is 3. The number of Topliss-reactive ketones (excluding diaryl/α,β-unsaturated/α-hetero) is 1. The van der Waals surface area contributed by atoms with Crippen LogP contribution in [-0.2, 0) is 22.6 Å². The van der Waals surface area contributed by atoms with Crippen molar-refractivity contribution < 1.29 is 28.0 Å². The smallest absolute Gasteiger partial charge is 0.269 e. The fourth-order valence-corrected chi connectivity index (χ4v) is 5.82. The van der Waals surface area contributed by atoms with Crippen molar-refractivity contribution in [2.75, 3.05) is 11.9 Å². The molecular weight excluding hydrogens is 544 g/mol. The van der Waals surface area contributed by atoms with Crippen LogP contribution in [0.1, 0.15) is 45.7 Å². The number of aryl methyl sites for hydroxylation is 1. The summed E-state index contributed by atoms with van der Waals surface area (Å²) in [4.78, 5) is 52.0. The number of primary amides is 1. The van der Waals surface area contributed by atoms with E-state index in [2.05, 4.69) is 10.4 Å². The largest absolute Gasteiger partial charge is 0.364 e. The topological polar surface area (TPSA) is 127 Å². The molecule has 0 radical (unpaired) electrons. The summed E-state index contributed by atoms with van der Waals surface area (Å²) >= 11 is 0. The first kappa shape index (κ1) is 27.3. The maximum atomic E-state index is 15.7. The number of likely N-dealkylation sites (tertiary alicyclic amines) is 1. The van der Waals surface area contributed by atoms with E-state index in [1.54, 1.807) is 48.5 Å². The molecule has 0 saturated carbocycles. The van der Waals surface area contributed by atoms with Crippen LogP contribution in [-0.4, -0.2) is 56.9 Å². The zero-order chi connectivity index (χ0) is 29.5. The molecule has 1 saturated heterocycles. The van der Waals surface area contributed by atoms with Crippen molar-refractivity contribution in [2.24, 2.45) is 5.73 Å². The average molecular weight is 572 g/mol. The number of hydrogen-bond donors (Lipinski definition) is 2. The second kappa shape index (κ2) is 10.8. The highest BCUT2D eigenvalue weighted by atomic mass is 19.1. The van der Waals surface area contributed by atoms with Crippen LogP contribution in [0.15, 0.2) is 60.7 Å². The monoisotopic (exact) mass is 571 g/mol. The highest BCUT2D eigenvalue weighted by Crippen LogP contribution is 2.32. The summed E-state index contributed by atoms with van der Waals surface area (Å²) < 4.78 is 31.5. The molecule has 1 aliphatic heterocycles. The number of nitrogens with one attached hydrogen (secondary N) is 1. The van der Waals surface area contributed by atoms with Crippen LogP contribution in [0, 0.1) is 5.82 Å². The van der Waals surface area contributed by atoms with E-state index in [-0.39, 0.29) is 42.2 Å². The van der Waals surface area contributed by atoms with Gasteiger partial charge in [0.25, 0.3) is 5.91 Å². The van der Waals surface area contributed by atoms with E-state index in [1.165, 1.54) is 10.7 Å². The minimum Gasteiger partial charge on any atom is -0.364 e. The summed E-state index contributed by atoms with van der Waals surface area (Å²) in [5, 5.41) is 7.16. The fourth-order valence-electron chi connectivity index (χ4n) is 5.82. The molecule has 11 heteroatoms. The van der Waals surface area contributed by atoms with E-state index in [1.807, 2.05) is 6.07 Å².